The Morgan fingerprint density at radius 1 is 1.64 bits per heavy atom. The number of benzene rings is 1. The zero-order valence-corrected chi connectivity index (χ0v) is 9.70. The second kappa shape index (κ2) is 4.42. The molecule has 1 aromatic rings. The van der Waals surface area contributed by atoms with E-state index in [2.05, 4.69) is 22.6 Å². The molecule has 3 nitrogen and oxygen atoms in total. The molecule has 0 saturated carbocycles. The Kier molecular flexibility index (Phi) is 3.47. The molecule has 0 aliphatic heterocycles. The summed E-state index contributed by atoms with van der Waals surface area (Å²) in [5, 5.41) is 17.5. The van der Waals surface area contributed by atoms with Crippen molar-refractivity contribution in [2.75, 3.05) is 0 Å². The smallest absolute Gasteiger partial charge is 0.307 e. The van der Waals surface area contributed by atoms with Crippen LogP contribution in [0.15, 0.2) is 12.1 Å². The van der Waals surface area contributed by atoms with Crippen LogP contribution >= 0.6 is 22.6 Å². The highest BCUT2D eigenvalue weighted by Crippen LogP contribution is 2.18. The average Bonchev–Trinajstić information content (AvgIpc) is 2.08. The van der Waals surface area contributed by atoms with Crippen molar-refractivity contribution in [3.8, 4) is 6.07 Å². The summed E-state index contributed by atoms with van der Waals surface area (Å²) in [6.45, 7) is 1.82. The number of halogens is 1. The van der Waals surface area contributed by atoms with E-state index in [9.17, 15) is 4.79 Å². The Bertz CT molecular complexity index is 421. The van der Waals surface area contributed by atoms with Crippen LogP contribution in [-0.2, 0) is 11.2 Å². The van der Waals surface area contributed by atoms with Gasteiger partial charge in [0, 0.05) is 3.57 Å². The minimum Gasteiger partial charge on any atom is -0.481 e. The van der Waals surface area contributed by atoms with Crippen molar-refractivity contribution in [2.45, 2.75) is 13.3 Å². The molecule has 0 aliphatic carbocycles. The highest BCUT2D eigenvalue weighted by atomic mass is 127. The van der Waals surface area contributed by atoms with Gasteiger partial charge in [0.15, 0.2) is 0 Å². The van der Waals surface area contributed by atoms with Gasteiger partial charge in [0.25, 0.3) is 0 Å². The number of rotatable bonds is 2. The van der Waals surface area contributed by atoms with Crippen LogP contribution in [0.2, 0.25) is 0 Å². The third kappa shape index (κ3) is 2.45. The number of carboxylic acid groups (broad SMARTS) is 1. The summed E-state index contributed by atoms with van der Waals surface area (Å²) in [7, 11) is 0. The van der Waals surface area contributed by atoms with Crippen LogP contribution < -0.4 is 0 Å². The van der Waals surface area contributed by atoms with Crippen LogP contribution in [0.4, 0.5) is 0 Å². The summed E-state index contributed by atoms with van der Waals surface area (Å²) in [4.78, 5) is 10.6. The number of hydrogen-bond donors (Lipinski definition) is 1. The van der Waals surface area contributed by atoms with Gasteiger partial charge in [-0.3, -0.25) is 4.79 Å². The minimum atomic E-state index is -0.911. The number of carboxylic acids is 1. The average molecular weight is 301 g/mol. The van der Waals surface area contributed by atoms with Gasteiger partial charge >= 0.3 is 5.97 Å². The van der Waals surface area contributed by atoms with E-state index < -0.39 is 5.97 Å². The van der Waals surface area contributed by atoms with Gasteiger partial charge in [-0.05, 0) is 52.8 Å². The third-order valence-corrected chi connectivity index (χ3v) is 2.51. The molecular formula is C10H8INO2. The number of nitriles is 1. The highest BCUT2D eigenvalue weighted by Gasteiger charge is 2.10. The Morgan fingerprint density at radius 3 is 2.79 bits per heavy atom. The lowest BCUT2D eigenvalue weighted by Gasteiger charge is -2.06. The Morgan fingerprint density at radius 2 is 2.29 bits per heavy atom. The monoisotopic (exact) mass is 301 g/mol. The summed E-state index contributed by atoms with van der Waals surface area (Å²) in [5.74, 6) is -0.911. The van der Waals surface area contributed by atoms with E-state index in [1.165, 1.54) is 0 Å². The van der Waals surface area contributed by atoms with Gasteiger partial charge in [-0.2, -0.15) is 5.26 Å². The molecule has 0 amide bonds. The normalized spacial score (nSPS) is 9.50. The van der Waals surface area contributed by atoms with Crippen LogP contribution in [0, 0.1) is 21.8 Å². The van der Waals surface area contributed by atoms with Crippen molar-refractivity contribution in [3.05, 3.63) is 32.4 Å². The molecule has 0 aliphatic rings. The highest BCUT2D eigenvalue weighted by molar-refractivity contribution is 14.1. The first kappa shape index (κ1) is 11.0. The van der Waals surface area contributed by atoms with E-state index in [0.717, 1.165) is 9.13 Å². The fourth-order valence-corrected chi connectivity index (χ4v) is 2.04. The molecule has 0 saturated heterocycles. The summed E-state index contributed by atoms with van der Waals surface area (Å²) in [6.07, 6.45) is -0.0916. The van der Waals surface area contributed by atoms with E-state index in [0.29, 0.717) is 11.1 Å². The Labute approximate surface area is 95.5 Å². The lowest BCUT2D eigenvalue weighted by atomic mass is 10.00. The molecule has 1 aromatic carbocycles. The van der Waals surface area contributed by atoms with Crippen molar-refractivity contribution in [1.29, 1.82) is 5.26 Å². The largest absolute Gasteiger partial charge is 0.481 e. The van der Waals surface area contributed by atoms with Gasteiger partial charge in [-0.25, -0.2) is 0 Å². The van der Waals surface area contributed by atoms with Crippen LogP contribution in [0.5, 0.6) is 0 Å². The summed E-state index contributed by atoms with van der Waals surface area (Å²) in [5.41, 5.74) is 1.92. The van der Waals surface area contributed by atoms with E-state index >= 15 is 0 Å². The molecule has 0 heterocycles. The number of hydrogen-bond acceptors (Lipinski definition) is 2. The molecule has 0 atom stereocenters. The van der Waals surface area contributed by atoms with Crippen LogP contribution in [0.25, 0.3) is 0 Å². The fraction of sp³-hybridized carbons (Fsp3) is 0.200. The minimum absolute atomic E-state index is 0.0916. The van der Waals surface area contributed by atoms with Crippen LogP contribution in [0.1, 0.15) is 16.7 Å². The van der Waals surface area contributed by atoms with E-state index in [-0.39, 0.29) is 6.42 Å². The summed E-state index contributed by atoms with van der Waals surface area (Å²) < 4.78 is 0.950. The number of nitrogens with zero attached hydrogens (tertiary/aromatic N) is 1. The first-order valence-corrected chi connectivity index (χ1v) is 5.03. The quantitative estimate of drug-likeness (QED) is 0.851. The maximum absolute atomic E-state index is 10.6. The van der Waals surface area contributed by atoms with Crippen molar-refractivity contribution in [2.24, 2.45) is 0 Å². The van der Waals surface area contributed by atoms with Gasteiger partial charge in [-0.15, -0.1) is 0 Å². The standard InChI is InChI=1S/C10H8INO2/c1-6-2-8(11)3-7(5-12)9(6)4-10(13)14/h2-3H,4H2,1H3,(H,13,14). The maximum Gasteiger partial charge on any atom is 0.307 e. The fourth-order valence-electron chi connectivity index (χ4n) is 1.26. The molecule has 0 aromatic heterocycles. The predicted octanol–water partition coefficient (Wildman–Crippen LogP) is 2.10. The Hall–Kier alpha value is -1.09. The van der Waals surface area contributed by atoms with Crippen molar-refractivity contribution < 1.29 is 9.90 Å². The zero-order valence-electron chi connectivity index (χ0n) is 7.54. The lowest BCUT2D eigenvalue weighted by molar-refractivity contribution is -0.136. The summed E-state index contributed by atoms with van der Waals surface area (Å²) in [6, 6.07) is 5.59. The SMILES string of the molecule is Cc1cc(I)cc(C#N)c1CC(=O)O. The third-order valence-electron chi connectivity index (χ3n) is 1.89. The number of carbonyl (C=O) groups is 1. The molecular weight excluding hydrogens is 293 g/mol. The Balaban J connectivity index is 3.27. The van der Waals surface area contributed by atoms with Gasteiger partial charge in [0.2, 0.25) is 0 Å². The van der Waals surface area contributed by atoms with Crippen LogP contribution in [-0.4, -0.2) is 11.1 Å². The topological polar surface area (TPSA) is 61.1 Å². The first-order valence-electron chi connectivity index (χ1n) is 3.95. The molecule has 0 spiro atoms. The van der Waals surface area contributed by atoms with Gasteiger partial charge < -0.3 is 5.11 Å². The number of aliphatic carboxylic acids is 1. The first-order chi connectivity index (χ1) is 6.54. The molecule has 0 fully saturated rings. The molecule has 1 N–H and O–H groups in total. The zero-order chi connectivity index (χ0) is 10.7. The van der Waals surface area contributed by atoms with Gasteiger partial charge in [-0.1, -0.05) is 0 Å². The molecule has 1 rings (SSSR count). The van der Waals surface area contributed by atoms with E-state index in [1.54, 1.807) is 6.07 Å². The van der Waals surface area contributed by atoms with Crippen molar-refractivity contribution >= 4 is 28.6 Å². The molecule has 72 valence electrons. The second-order valence-corrected chi connectivity index (χ2v) is 4.18. The maximum atomic E-state index is 10.6. The molecule has 0 unspecified atom stereocenters. The lowest BCUT2D eigenvalue weighted by Crippen LogP contribution is -2.04. The van der Waals surface area contributed by atoms with Crippen LogP contribution in [0.3, 0.4) is 0 Å². The van der Waals surface area contributed by atoms with Crippen molar-refractivity contribution in [3.63, 3.8) is 0 Å². The van der Waals surface area contributed by atoms with Crippen molar-refractivity contribution in [1.82, 2.24) is 0 Å². The molecule has 4 heteroatoms. The van der Waals surface area contributed by atoms with E-state index in [1.807, 2.05) is 19.1 Å². The molecule has 0 bridgehead atoms. The predicted molar refractivity (Wildman–Crippen MR) is 60.0 cm³/mol. The van der Waals surface area contributed by atoms with Gasteiger partial charge in [0.05, 0.1) is 18.1 Å². The molecule has 14 heavy (non-hydrogen) atoms. The van der Waals surface area contributed by atoms with E-state index in [4.69, 9.17) is 10.4 Å². The molecule has 0 radical (unpaired) electrons. The number of aryl methyl sites for hydroxylation is 1. The van der Waals surface area contributed by atoms with Gasteiger partial charge in [0.1, 0.15) is 0 Å². The summed E-state index contributed by atoms with van der Waals surface area (Å²) >= 11 is 2.11. The second-order valence-electron chi connectivity index (χ2n) is 2.93.